The summed E-state index contributed by atoms with van der Waals surface area (Å²) in [4.78, 5) is 2.66. The van der Waals surface area contributed by atoms with Crippen molar-refractivity contribution in [2.45, 2.75) is 57.5 Å². The molecule has 1 atom stereocenters. The summed E-state index contributed by atoms with van der Waals surface area (Å²) in [6.45, 7) is 7.59. The van der Waals surface area contributed by atoms with Crippen LogP contribution in [-0.4, -0.2) is 35.2 Å². The average Bonchev–Trinajstić information content (AvgIpc) is 2.50. The Bertz CT molecular complexity index is 486. The Morgan fingerprint density at radius 1 is 1.24 bits per heavy atom. The van der Waals surface area contributed by atoms with E-state index in [0.717, 1.165) is 25.2 Å². The summed E-state index contributed by atoms with van der Waals surface area (Å²) in [6, 6.07) is 6.26. The van der Waals surface area contributed by atoms with E-state index in [4.69, 9.17) is 0 Å². The molecule has 1 unspecified atom stereocenters. The van der Waals surface area contributed by atoms with Crippen LogP contribution in [0.3, 0.4) is 0 Å². The van der Waals surface area contributed by atoms with Gasteiger partial charge in [0.25, 0.3) is 0 Å². The van der Waals surface area contributed by atoms with E-state index in [1.165, 1.54) is 37.7 Å². The summed E-state index contributed by atoms with van der Waals surface area (Å²) >= 11 is 0. The highest BCUT2D eigenvalue weighted by molar-refractivity contribution is 5.38. The first kappa shape index (κ1) is 14.9. The first-order chi connectivity index (χ1) is 10.1. The van der Waals surface area contributed by atoms with Crippen LogP contribution in [-0.2, 0) is 0 Å². The summed E-state index contributed by atoms with van der Waals surface area (Å²) < 4.78 is 0. The van der Waals surface area contributed by atoms with Gasteiger partial charge in [0.05, 0.1) is 0 Å². The van der Waals surface area contributed by atoms with Crippen molar-refractivity contribution in [1.82, 2.24) is 10.2 Å². The molecule has 2 aliphatic rings. The van der Waals surface area contributed by atoms with Crippen LogP contribution < -0.4 is 5.32 Å². The van der Waals surface area contributed by atoms with Gasteiger partial charge in [-0.1, -0.05) is 37.0 Å². The van der Waals surface area contributed by atoms with Crippen LogP contribution in [0.2, 0.25) is 0 Å². The molecule has 0 aromatic heterocycles. The van der Waals surface area contributed by atoms with Crippen molar-refractivity contribution in [3.8, 4) is 5.75 Å². The Labute approximate surface area is 128 Å². The van der Waals surface area contributed by atoms with Crippen LogP contribution in [0.25, 0.3) is 0 Å². The molecule has 3 heteroatoms. The molecule has 0 amide bonds. The van der Waals surface area contributed by atoms with Crippen molar-refractivity contribution in [1.29, 1.82) is 0 Å². The molecule has 0 bridgehead atoms. The smallest absolute Gasteiger partial charge is 0.120 e. The van der Waals surface area contributed by atoms with Crippen molar-refractivity contribution in [3.05, 3.63) is 29.3 Å². The van der Waals surface area contributed by atoms with Crippen LogP contribution in [0, 0.1) is 6.92 Å². The van der Waals surface area contributed by atoms with E-state index in [1.807, 2.05) is 12.1 Å². The Morgan fingerprint density at radius 2 is 2.00 bits per heavy atom. The molecule has 1 heterocycles. The maximum atomic E-state index is 10.3. The molecule has 3 rings (SSSR count). The number of piperazine rings is 1. The summed E-state index contributed by atoms with van der Waals surface area (Å²) in [5.74, 6) is 0.442. The standard InChI is InChI=1S/C18H28N2O/c1-14-6-7-17(21)16(12-14)15(2)20-11-10-19-13-18(20)8-4-3-5-9-18/h6-7,12,15,19,21H,3-5,8-11,13H2,1-2H3. The summed E-state index contributed by atoms with van der Waals surface area (Å²) in [6.07, 6.45) is 6.63. The molecule has 1 aliphatic carbocycles. The van der Waals surface area contributed by atoms with Gasteiger partial charge >= 0.3 is 0 Å². The molecule has 1 saturated carbocycles. The van der Waals surface area contributed by atoms with Crippen molar-refractivity contribution in [2.24, 2.45) is 0 Å². The van der Waals surface area contributed by atoms with Gasteiger partial charge < -0.3 is 10.4 Å². The lowest BCUT2D eigenvalue weighted by molar-refractivity contribution is -0.00337. The predicted molar refractivity (Wildman–Crippen MR) is 86.7 cm³/mol. The number of rotatable bonds is 2. The third kappa shape index (κ3) is 2.82. The predicted octanol–water partition coefficient (Wildman–Crippen LogP) is 3.37. The molecular weight excluding hydrogens is 260 g/mol. The highest BCUT2D eigenvalue weighted by Crippen LogP contribution is 2.41. The second kappa shape index (κ2) is 5.98. The second-order valence-corrected chi connectivity index (χ2v) is 6.89. The maximum absolute atomic E-state index is 10.3. The minimum Gasteiger partial charge on any atom is -0.508 e. The van der Waals surface area contributed by atoms with Crippen molar-refractivity contribution < 1.29 is 5.11 Å². The summed E-state index contributed by atoms with van der Waals surface area (Å²) in [5, 5.41) is 13.9. The molecule has 2 N–H and O–H groups in total. The Balaban J connectivity index is 1.90. The molecule has 1 aromatic carbocycles. The molecular formula is C18H28N2O. The fraction of sp³-hybridized carbons (Fsp3) is 0.667. The lowest BCUT2D eigenvalue weighted by Crippen LogP contribution is -2.62. The molecule has 1 aliphatic heterocycles. The molecule has 2 fully saturated rings. The third-order valence-corrected chi connectivity index (χ3v) is 5.48. The Kier molecular flexibility index (Phi) is 4.23. The zero-order valence-corrected chi connectivity index (χ0v) is 13.4. The van der Waals surface area contributed by atoms with Crippen LogP contribution in [0.1, 0.15) is 56.2 Å². The molecule has 21 heavy (non-hydrogen) atoms. The quantitative estimate of drug-likeness (QED) is 0.876. The monoisotopic (exact) mass is 288 g/mol. The lowest BCUT2D eigenvalue weighted by atomic mass is 9.77. The van der Waals surface area contributed by atoms with Crippen molar-refractivity contribution in [2.75, 3.05) is 19.6 Å². The maximum Gasteiger partial charge on any atom is 0.120 e. The largest absolute Gasteiger partial charge is 0.508 e. The summed E-state index contributed by atoms with van der Waals surface area (Å²) in [7, 11) is 0. The van der Waals surface area contributed by atoms with Gasteiger partial charge in [-0.25, -0.2) is 0 Å². The molecule has 0 radical (unpaired) electrons. The number of hydrogen-bond donors (Lipinski definition) is 2. The molecule has 1 saturated heterocycles. The average molecular weight is 288 g/mol. The van der Waals surface area contributed by atoms with Crippen LogP contribution in [0.5, 0.6) is 5.75 Å². The Hall–Kier alpha value is -1.06. The minimum absolute atomic E-state index is 0.282. The number of nitrogens with zero attached hydrogens (tertiary/aromatic N) is 1. The van der Waals surface area contributed by atoms with Gasteiger partial charge in [-0.15, -0.1) is 0 Å². The van der Waals surface area contributed by atoms with Crippen molar-refractivity contribution in [3.63, 3.8) is 0 Å². The molecule has 116 valence electrons. The Morgan fingerprint density at radius 3 is 2.76 bits per heavy atom. The second-order valence-electron chi connectivity index (χ2n) is 6.89. The van der Waals surface area contributed by atoms with Gasteiger partial charge in [-0.05, 0) is 32.8 Å². The van der Waals surface area contributed by atoms with Gasteiger partial charge in [-0.3, -0.25) is 4.90 Å². The van der Waals surface area contributed by atoms with Gasteiger partial charge in [0.2, 0.25) is 0 Å². The number of hydrogen-bond acceptors (Lipinski definition) is 3. The van der Waals surface area contributed by atoms with Crippen molar-refractivity contribution >= 4 is 0 Å². The number of aryl methyl sites for hydroxylation is 1. The van der Waals surface area contributed by atoms with Gasteiger partial charge in [0, 0.05) is 36.8 Å². The zero-order chi connectivity index (χ0) is 14.9. The van der Waals surface area contributed by atoms with Gasteiger partial charge in [-0.2, -0.15) is 0 Å². The fourth-order valence-electron chi connectivity index (χ4n) is 4.31. The minimum atomic E-state index is 0.282. The van der Waals surface area contributed by atoms with Crippen LogP contribution in [0.4, 0.5) is 0 Å². The number of phenols is 1. The van der Waals surface area contributed by atoms with E-state index in [-0.39, 0.29) is 6.04 Å². The number of benzene rings is 1. The molecule has 1 spiro atoms. The van der Waals surface area contributed by atoms with Gasteiger partial charge in [0.1, 0.15) is 5.75 Å². The topological polar surface area (TPSA) is 35.5 Å². The van der Waals surface area contributed by atoms with E-state index in [0.29, 0.717) is 11.3 Å². The third-order valence-electron chi connectivity index (χ3n) is 5.48. The SMILES string of the molecule is Cc1ccc(O)c(C(C)N2CCNCC23CCCCC3)c1. The van der Waals surface area contributed by atoms with Crippen LogP contribution in [0.15, 0.2) is 18.2 Å². The number of phenolic OH excluding ortho intramolecular Hbond substituents is 1. The molecule has 1 aromatic rings. The van der Waals surface area contributed by atoms with E-state index in [2.05, 4.69) is 30.1 Å². The lowest BCUT2D eigenvalue weighted by Gasteiger charge is -2.52. The number of nitrogens with one attached hydrogen (secondary N) is 1. The summed E-state index contributed by atoms with van der Waals surface area (Å²) in [5.41, 5.74) is 2.61. The highest BCUT2D eigenvalue weighted by Gasteiger charge is 2.42. The zero-order valence-electron chi connectivity index (χ0n) is 13.4. The van der Waals surface area contributed by atoms with E-state index < -0.39 is 0 Å². The molecule has 3 nitrogen and oxygen atoms in total. The van der Waals surface area contributed by atoms with E-state index in [1.54, 1.807) is 0 Å². The van der Waals surface area contributed by atoms with Crippen LogP contribution >= 0.6 is 0 Å². The first-order valence-corrected chi connectivity index (χ1v) is 8.39. The highest BCUT2D eigenvalue weighted by atomic mass is 16.3. The number of aromatic hydroxyl groups is 1. The van der Waals surface area contributed by atoms with E-state index in [9.17, 15) is 5.11 Å². The fourth-order valence-corrected chi connectivity index (χ4v) is 4.31. The normalized spacial score (nSPS) is 24.1. The first-order valence-electron chi connectivity index (χ1n) is 8.39. The van der Waals surface area contributed by atoms with Gasteiger partial charge in [0.15, 0.2) is 0 Å². The van der Waals surface area contributed by atoms with E-state index >= 15 is 0 Å².